The third-order valence-electron chi connectivity index (χ3n) is 5.88. The molecule has 11 heteroatoms. The van der Waals surface area contributed by atoms with Gasteiger partial charge in [-0.25, -0.2) is 19.2 Å². The number of carboxylic acids is 1. The van der Waals surface area contributed by atoms with Gasteiger partial charge >= 0.3 is 29.8 Å². The summed E-state index contributed by atoms with van der Waals surface area (Å²) in [5.74, 6) is -5.31. The van der Waals surface area contributed by atoms with Crippen molar-refractivity contribution in [1.82, 2.24) is 0 Å². The Bertz CT molecular complexity index is 1470. The minimum Gasteiger partial charge on any atom is -0.480 e. The van der Waals surface area contributed by atoms with E-state index in [1.807, 2.05) is 0 Å². The molecule has 0 radical (unpaired) electrons. The summed E-state index contributed by atoms with van der Waals surface area (Å²) in [5, 5.41) is 9.19. The number of carbonyl (C=O) groups excluding carboxylic acids is 4. The van der Waals surface area contributed by atoms with E-state index in [2.05, 4.69) is 0 Å². The molecule has 3 aromatic carbocycles. The lowest BCUT2D eigenvalue weighted by atomic mass is 10.1. The lowest BCUT2D eigenvalue weighted by Crippen LogP contribution is -2.41. The highest BCUT2D eigenvalue weighted by molar-refractivity contribution is 5.94. The van der Waals surface area contributed by atoms with Gasteiger partial charge in [-0.2, -0.15) is 0 Å². The number of benzene rings is 3. The molecule has 0 aliphatic carbocycles. The molecule has 0 amide bonds. The maximum absolute atomic E-state index is 13.2. The van der Waals surface area contributed by atoms with Gasteiger partial charge in [-0.1, -0.05) is 42.5 Å². The van der Waals surface area contributed by atoms with E-state index in [1.54, 1.807) is 36.4 Å². The fourth-order valence-electron chi connectivity index (χ4n) is 3.44. The molecule has 220 valence electrons. The van der Waals surface area contributed by atoms with Crippen LogP contribution in [0.3, 0.4) is 0 Å². The van der Waals surface area contributed by atoms with Crippen LogP contribution in [-0.2, 0) is 30.3 Å². The van der Waals surface area contributed by atoms with Crippen LogP contribution in [0, 0.1) is 0 Å². The second kappa shape index (κ2) is 13.1. The Morgan fingerprint density at radius 2 is 1.12 bits per heavy atom. The number of hydrogen-bond acceptors (Lipinski definition) is 10. The molecule has 3 rings (SSSR count). The zero-order valence-electron chi connectivity index (χ0n) is 23.5. The van der Waals surface area contributed by atoms with Gasteiger partial charge in [-0.05, 0) is 76.1 Å². The summed E-state index contributed by atoms with van der Waals surface area (Å²) in [5.41, 5.74) is 2.89. The number of hydrogen-bond donors (Lipinski definition) is 2. The van der Waals surface area contributed by atoms with Crippen molar-refractivity contribution >= 4 is 29.8 Å². The van der Waals surface area contributed by atoms with Crippen molar-refractivity contribution in [3.63, 3.8) is 0 Å². The quantitative estimate of drug-likeness (QED) is 0.252. The number of rotatable bonds is 11. The Balaban J connectivity index is 1.84. The SMILES string of the molecule is CC(C)(OC(=O)c1ccccc1)C(=O)Oc1ccc(CC(N)C(=O)O)cc1OC(=O)C(C)(C)OC(=O)c1ccccc1. The van der Waals surface area contributed by atoms with Crippen molar-refractivity contribution in [1.29, 1.82) is 0 Å². The maximum Gasteiger partial charge on any atom is 0.355 e. The molecular formula is C31H31NO10. The molecule has 3 N–H and O–H groups in total. The van der Waals surface area contributed by atoms with E-state index in [4.69, 9.17) is 24.7 Å². The van der Waals surface area contributed by atoms with Crippen molar-refractivity contribution in [2.24, 2.45) is 5.73 Å². The number of carboxylic acid groups (broad SMARTS) is 1. The normalized spacial score (nSPS) is 12.0. The third-order valence-corrected chi connectivity index (χ3v) is 5.88. The lowest BCUT2D eigenvalue weighted by molar-refractivity contribution is -0.155. The second-order valence-corrected chi connectivity index (χ2v) is 10.2. The van der Waals surface area contributed by atoms with Gasteiger partial charge in [0.15, 0.2) is 11.5 Å². The van der Waals surface area contributed by atoms with Gasteiger partial charge in [-0.3, -0.25) is 4.79 Å². The van der Waals surface area contributed by atoms with E-state index < -0.39 is 47.1 Å². The van der Waals surface area contributed by atoms with Gasteiger partial charge in [0, 0.05) is 0 Å². The van der Waals surface area contributed by atoms with Gasteiger partial charge in [-0.15, -0.1) is 0 Å². The average molecular weight is 578 g/mol. The van der Waals surface area contributed by atoms with Crippen molar-refractivity contribution in [2.75, 3.05) is 0 Å². The Labute approximate surface area is 242 Å². The topological polar surface area (TPSA) is 169 Å². The number of nitrogens with two attached hydrogens (primary N) is 1. The molecule has 3 aromatic rings. The number of esters is 4. The average Bonchev–Trinajstić information content (AvgIpc) is 2.94. The smallest absolute Gasteiger partial charge is 0.355 e. The molecule has 0 spiro atoms. The molecule has 0 saturated carbocycles. The third kappa shape index (κ3) is 8.24. The second-order valence-electron chi connectivity index (χ2n) is 10.2. The zero-order valence-corrected chi connectivity index (χ0v) is 23.5. The van der Waals surface area contributed by atoms with Crippen LogP contribution in [0.2, 0.25) is 0 Å². The van der Waals surface area contributed by atoms with E-state index in [1.165, 1.54) is 70.2 Å². The zero-order chi connectivity index (χ0) is 31.1. The molecule has 1 unspecified atom stereocenters. The fraction of sp³-hybridized carbons (Fsp3) is 0.258. The van der Waals surface area contributed by atoms with Crippen molar-refractivity contribution in [3.05, 3.63) is 95.6 Å². The number of aliphatic carboxylic acids is 1. The van der Waals surface area contributed by atoms with Crippen LogP contribution >= 0.6 is 0 Å². The van der Waals surface area contributed by atoms with E-state index >= 15 is 0 Å². The van der Waals surface area contributed by atoms with Crippen LogP contribution in [0.4, 0.5) is 0 Å². The molecule has 0 saturated heterocycles. The highest BCUT2D eigenvalue weighted by Gasteiger charge is 2.38. The molecular weight excluding hydrogens is 546 g/mol. The predicted octanol–water partition coefficient (Wildman–Crippen LogP) is 3.72. The molecule has 1 atom stereocenters. The molecule has 0 aliphatic rings. The lowest BCUT2D eigenvalue weighted by Gasteiger charge is -2.25. The minimum atomic E-state index is -1.79. The standard InChI is InChI=1S/C31H31NO10/c1-30(2,41-26(35)20-11-7-5-8-12-20)28(37)39-23-16-15-19(17-22(32)25(33)34)18-24(23)40-29(38)31(3,4)42-27(36)21-13-9-6-10-14-21/h5-16,18,22H,17,32H2,1-4H3,(H,33,34). The number of carbonyl (C=O) groups is 5. The van der Waals surface area contributed by atoms with Gasteiger partial charge in [0.1, 0.15) is 6.04 Å². The number of ether oxygens (including phenoxy) is 4. The summed E-state index contributed by atoms with van der Waals surface area (Å²) in [6.45, 7) is 5.29. The van der Waals surface area contributed by atoms with E-state index in [0.29, 0.717) is 5.56 Å². The van der Waals surface area contributed by atoms with E-state index in [0.717, 1.165) is 0 Å². The Hall–Kier alpha value is -5.03. The first-order valence-electron chi connectivity index (χ1n) is 12.8. The van der Waals surface area contributed by atoms with E-state index in [9.17, 15) is 29.1 Å². The highest BCUT2D eigenvalue weighted by Crippen LogP contribution is 2.32. The van der Waals surface area contributed by atoms with Crippen molar-refractivity contribution in [2.45, 2.75) is 51.4 Å². The first-order chi connectivity index (χ1) is 19.7. The summed E-state index contributed by atoms with van der Waals surface area (Å²) in [7, 11) is 0. The van der Waals surface area contributed by atoms with Gasteiger partial charge < -0.3 is 29.8 Å². The van der Waals surface area contributed by atoms with Gasteiger partial charge in [0.05, 0.1) is 11.1 Å². The van der Waals surface area contributed by atoms with Crippen LogP contribution < -0.4 is 15.2 Å². The molecule has 11 nitrogen and oxygen atoms in total. The highest BCUT2D eigenvalue weighted by atomic mass is 16.6. The largest absolute Gasteiger partial charge is 0.480 e. The first-order valence-corrected chi connectivity index (χ1v) is 12.8. The Morgan fingerprint density at radius 3 is 1.55 bits per heavy atom. The van der Waals surface area contributed by atoms with E-state index in [-0.39, 0.29) is 29.0 Å². The molecule has 0 aromatic heterocycles. The first kappa shape index (κ1) is 31.5. The summed E-state index contributed by atoms with van der Waals surface area (Å²) >= 11 is 0. The summed E-state index contributed by atoms with van der Waals surface area (Å²) < 4.78 is 21.7. The Kier molecular flexibility index (Phi) is 9.82. The molecule has 0 bridgehead atoms. The molecule has 0 aliphatic heterocycles. The predicted molar refractivity (Wildman–Crippen MR) is 149 cm³/mol. The van der Waals surface area contributed by atoms with Crippen LogP contribution in [0.5, 0.6) is 11.5 Å². The van der Waals surface area contributed by atoms with Crippen LogP contribution in [0.25, 0.3) is 0 Å². The minimum absolute atomic E-state index is 0.138. The van der Waals surface area contributed by atoms with Crippen molar-refractivity contribution in [3.8, 4) is 11.5 Å². The van der Waals surface area contributed by atoms with Crippen LogP contribution in [0.1, 0.15) is 54.0 Å². The fourth-order valence-corrected chi connectivity index (χ4v) is 3.44. The van der Waals surface area contributed by atoms with Crippen LogP contribution in [-0.4, -0.2) is 52.2 Å². The monoisotopic (exact) mass is 577 g/mol. The summed E-state index contributed by atoms with van der Waals surface area (Å²) in [6, 6.07) is 18.8. The molecule has 0 heterocycles. The summed E-state index contributed by atoms with van der Waals surface area (Å²) in [4.78, 5) is 62.6. The molecule has 0 fully saturated rings. The Morgan fingerprint density at radius 1 is 0.690 bits per heavy atom. The van der Waals surface area contributed by atoms with Crippen LogP contribution in [0.15, 0.2) is 78.9 Å². The maximum atomic E-state index is 13.2. The summed E-state index contributed by atoms with van der Waals surface area (Å²) in [6.07, 6.45) is -0.138. The molecule has 42 heavy (non-hydrogen) atoms. The van der Waals surface area contributed by atoms with Gasteiger partial charge in [0.2, 0.25) is 11.2 Å². The van der Waals surface area contributed by atoms with Crippen molar-refractivity contribution < 1.29 is 48.0 Å². The van der Waals surface area contributed by atoms with Gasteiger partial charge in [0.25, 0.3) is 0 Å².